The summed E-state index contributed by atoms with van der Waals surface area (Å²) in [5.41, 5.74) is 0.102. The largest absolute Gasteiger partial charge is 0.472 e. The molecule has 0 aromatic heterocycles. The first-order valence-electron chi connectivity index (χ1n) is 8.72. The molecule has 0 spiro atoms. The molecule has 2 fully saturated rings. The van der Waals surface area contributed by atoms with Crippen LogP contribution in [0.4, 0.5) is 0 Å². The Morgan fingerprint density at radius 1 is 1.22 bits per heavy atom. The molecule has 4 N–H and O–H groups in total. The van der Waals surface area contributed by atoms with Gasteiger partial charge in [0, 0.05) is 12.3 Å². The first-order chi connectivity index (χ1) is 12.8. The average Bonchev–Trinajstić information content (AvgIpc) is 2.96. The SMILES string of the molecule is COC(=O)C1=CO[C@@H](O[C@@H]2O[C@H](CO)[C@@H](O)[C@H](O)[C@H]2O)C2C(C)CC(=O)C12. The highest BCUT2D eigenvalue weighted by molar-refractivity contribution is 5.99. The van der Waals surface area contributed by atoms with Gasteiger partial charge in [-0.25, -0.2) is 4.79 Å². The molecule has 27 heavy (non-hydrogen) atoms. The number of ketones is 1. The number of aliphatic hydroxyl groups excluding tert-OH is 4. The number of carbonyl (C=O) groups is 2. The van der Waals surface area contributed by atoms with Crippen LogP contribution in [-0.4, -0.2) is 82.9 Å². The standard InChI is InChI=1S/C17H24O10/c1-6-3-8(19)11-7(15(23)24-2)5-25-16(10(6)11)27-17-14(22)13(21)12(20)9(4-18)26-17/h5-6,9-14,16-18,20-22H,3-4H2,1-2H3/t6?,9-,10?,11?,12-,13+,14-,16+,17+/m1/s1. The lowest BCUT2D eigenvalue weighted by atomic mass is 9.83. The Balaban J connectivity index is 1.82. The zero-order chi connectivity index (χ0) is 19.9. The first-order valence-corrected chi connectivity index (χ1v) is 8.72. The molecule has 1 aliphatic carbocycles. The Bertz CT molecular complexity index is 617. The summed E-state index contributed by atoms with van der Waals surface area (Å²) in [6, 6.07) is 0. The smallest absolute Gasteiger partial charge is 0.337 e. The molecule has 0 amide bonds. The quantitative estimate of drug-likeness (QED) is 0.400. The van der Waals surface area contributed by atoms with Crippen molar-refractivity contribution in [3.05, 3.63) is 11.8 Å². The molecule has 10 nitrogen and oxygen atoms in total. The van der Waals surface area contributed by atoms with E-state index < -0.39 is 61.4 Å². The van der Waals surface area contributed by atoms with E-state index in [1.54, 1.807) is 0 Å². The van der Waals surface area contributed by atoms with Crippen LogP contribution in [0.25, 0.3) is 0 Å². The fourth-order valence-corrected chi connectivity index (χ4v) is 3.96. The van der Waals surface area contributed by atoms with Crippen molar-refractivity contribution in [2.45, 2.75) is 50.3 Å². The molecule has 10 heteroatoms. The molecular formula is C17H24O10. The van der Waals surface area contributed by atoms with Crippen LogP contribution >= 0.6 is 0 Å². The number of rotatable bonds is 4. The van der Waals surface area contributed by atoms with Crippen molar-refractivity contribution in [2.75, 3.05) is 13.7 Å². The van der Waals surface area contributed by atoms with Crippen molar-refractivity contribution in [3.8, 4) is 0 Å². The van der Waals surface area contributed by atoms with Gasteiger partial charge in [-0.1, -0.05) is 6.92 Å². The van der Waals surface area contributed by atoms with Crippen molar-refractivity contribution in [1.29, 1.82) is 0 Å². The van der Waals surface area contributed by atoms with Crippen LogP contribution < -0.4 is 0 Å². The number of methoxy groups -OCH3 is 1. The van der Waals surface area contributed by atoms with Crippen LogP contribution in [-0.2, 0) is 28.5 Å². The normalized spacial score (nSPS) is 44.3. The number of fused-ring (bicyclic) bond motifs is 1. The van der Waals surface area contributed by atoms with Gasteiger partial charge in [-0.2, -0.15) is 0 Å². The number of hydrogen-bond donors (Lipinski definition) is 4. The summed E-state index contributed by atoms with van der Waals surface area (Å²) in [6.45, 7) is 1.22. The average molecular weight is 388 g/mol. The van der Waals surface area contributed by atoms with Crippen molar-refractivity contribution in [3.63, 3.8) is 0 Å². The van der Waals surface area contributed by atoms with Crippen LogP contribution in [0.5, 0.6) is 0 Å². The van der Waals surface area contributed by atoms with E-state index in [1.807, 2.05) is 6.92 Å². The third-order valence-electron chi connectivity index (χ3n) is 5.43. The highest BCUT2D eigenvalue weighted by Crippen LogP contribution is 2.45. The van der Waals surface area contributed by atoms with Crippen LogP contribution in [0.15, 0.2) is 11.8 Å². The molecule has 0 radical (unpaired) electrons. The Morgan fingerprint density at radius 3 is 2.56 bits per heavy atom. The second kappa shape index (κ2) is 7.82. The van der Waals surface area contributed by atoms with E-state index in [2.05, 4.69) is 0 Å². The van der Waals surface area contributed by atoms with Gasteiger partial charge in [0.05, 0.1) is 31.5 Å². The van der Waals surface area contributed by atoms with Crippen LogP contribution in [0.1, 0.15) is 13.3 Å². The van der Waals surface area contributed by atoms with E-state index in [0.29, 0.717) is 0 Å². The molecule has 152 valence electrons. The predicted octanol–water partition coefficient (Wildman–Crippen LogP) is -1.94. The van der Waals surface area contributed by atoms with Crippen LogP contribution in [0.2, 0.25) is 0 Å². The molecule has 3 rings (SSSR count). The molecule has 2 heterocycles. The van der Waals surface area contributed by atoms with Gasteiger partial charge in [0.15, 0.2) is 6.29 Å². The van der Waals surface area contributed by atoms with E-state index in [1.165, 1.54) is 7.11 Å². The molecule has 0 bridgehead atoms. The van der Waals surface area contributed by atoms with Gasteiger partial charge in [-0.05, 0) is 5.92 Å². The monoisotopic (exact) mass is 388 g/mol. The van der Waals surface area contributed by atoms with Gasteiger partial charge >= 0.3 is 5.97 Å². The van der Waals surface area contributed by atoms with Crippen LogP contribution in [0, 0.1) is 17.8 Å². The zero-order valence-electron chi connectivity index (χ0n) is 14.9. The fourth-order valence-electron chi connectivity index (χ4n) is 3.96. The second-order valence-corrected chi connectivity index (χ2v) is 7.11. The Kier molecular flexibility index (Phi) is 5.84. The Hall–Kier alpha value is -1.56. The minimum Gasteiger partial charge on any atom is -0.472 e. The van der Waals surface area contributed by atoms with Gasteiger partial charge in [-0.3, -0.25) is 4.79 Å². The highest BCUT2D eigenvalue weighted by atomic mass is 16.8. The van der Waals surface area contributed by atoms with Gasteiger partial charge in [0.1, 0.15) is 30.2 Å². The summed E-state index contributed by atoms with van der Waals surface area (Å²) in [7, 11) is 1.21. The summed E-state index contributed by atoms with van der Waals surface area (Å²) in [6.07, 6.45) is -6.93. The molecule has 0 aromatic rings. The van der Waals surface area contributed by atoms with Crippen molar-refractivity contribution in [2.24, 2.45) is 17.8 Å². The van der Waals surface area contributed by atoms with Crippen molar-refractivity contribution < 1.29 is 49.0 Å². The molecular weight excluding hydrogens is 364 g/mol. The maximum atomic E-state index is 12.4. The number of carbonyl (C=O) groups excluding carboxylic acids is 2. The lowest BCUT2D eigenvalue weighted by Crippen LogP contribution is -2.60. The van der Waals surface area contributed by atoms with Crippen molar-refractivity contribution >= 4 is 11.8 Å². The first kappa shape index (κ1) is 20.2. The second-order valence-electron chi connectivity index (χ2n) is 7.11. The maximum Gasteiger partial charge on any atom is 0.337 e. The Labute approximate surface area is 155 Å². The zero-order valence-corrected chi connectivity index (χ0v) is 14.9. The van der Waals surface area contributed by atoms with Crippen LogP contribution in [0.3, 0.4) is 0 Å². The lowest BCUT2D eigenvalue weighted by Gasteiger charge is -2.42. The number of Topliss-reactive ketones (excluding diaryl/α,β-unsaturated/α-hetero) is 1. The number of hydrogen-bond acceptors (Lipinski definition) is 10. The predicted molar refractivity (Wildman–Crippen MR) is 85.6 cm³/mol. The fraction of sp³-hybridized carbons (Fsp3) is 0.765. The molecule has 1 saturated heterocycles. The van der Waals surface area contributed by atoms with Crippen molar-refractivity contribution in [1.82, 2.24) is 0 Å². The third-order valence-corrected chi connectivity index (χ3v) is 5.43. The lowest BCUT2D eigenvalue weighted by molar-refractivity contribution is -0.342. The van der Waals surface area contributed by atoms with Gasteiger partial charge in [0.2, 0.25) is 6.29 Å². The molecule has 3 unspecified atom stereocenters. The summed E-state index contributed by atoms with van der Waals surface area (Å²) in [5.74, 6) is -2.28. The molecule has 2 aliphatic heterocycles. The van der Waals surface area contributed by atoms with E-state index in [9.17, 15) is 30.0 Å². The summed E-state index contributed by atoms with van der Waals surface area (Å²) in [5, 5.41) is 39.1. The highest BCUT2D eigenvalue weighted by Gasteiger charge is 2.54. The molecule has 1 saturated carbocycles. The molecule has 3 aliphatic rings. The van der Waals surface area contributed by atoms with E-state index >= 15 is 0 Å². The van der Waals surface area contributed by atoms with Gasteiger partial charge in [0.25, 0.3) is 0 Å². The summed E-state index contributed by atoms with van der Waals surface area (Å²) in [4.78, 5) is 24.4. The number of aliphatic hydroxyl groups is 4. The Morgan fingerprint density at radius 2 is 1.93 bits per heavy atom. The minimum absolute atomic E-state index is 0.102. The third kappa shape index (κ3) is 3.48. The molecule has 9 atom stereocenters. The number of esters is 1. The van der Waals surface area contributed by atoms with E-state index in [-0.39, 0.29) is 23.7 Å². The maximum absolute atomic E-state index is 12.4. The van der Waals surface area contributed by atoms with E-state index in [4.69, 9.17) is 18.9 Å². The minimum atomic E-state index is -1.59. The molecule has 0 aromatic carbocycles. The topological polar surface area (TPSA) is 152 Å². The van der Waals surface area contributed by atoms with E-state index in [0.717, 1.165) is 6.26 Å². The number of ether oxygens (including phenoxy) is 4. The summed E-state index contributed by atoms with van der Waals surface area (Å²) >= 11 is 0. The van der Waals surface area contributed by atoms with Gasteiger partial charge in [-0.15, -0.1) is 0 Å². The van der Waals surface area contributed by atoms with Gasteiger partial charge < -0.3 is 39.4 Å². The summed E-state index contributed by atoms with van der Waals surface area (Å²) < 4.78 is 21.2.